The Labute approximate surface area is 220 Å². The molecule has 2 bridgehead atoms. The molecule has 7 nitrogen and oxygen atoms in total. The normalized spacial score (nSPS) is 37.0. The van der Waals surface area contributed by atoms with Gasteiger partial charge in [-0.15, -0.1) is 0 Å². The smallest absolute Gasteiger partial charge is 0.246 e. The van der Waals surface area contributed by atoms with E-state index in [9.17, 15) is 14.4 Å². The lowest BCUT2D eigenvalue weighted by molar-refractivity contribution is -0.144. The molecule has 200 valence electrons. The first kappa shape index (κ1) is 26.0. The molecule has 3 aliphatic heterocycles. The van der Waals surface area contributed by atoms with Gasteiger partial charge in [0.2, 0.25) is 17.7 Å². The fourth-order valence-corrected chi connectivity index (χ4v) is 6.97. The molecule has 0 aromatic heterocycles. The van der Waals surface area contributed by atoms with Crippen molar-refractivity contribution in [3.05, 3.63) is 41.5 Å². The number of hydrogen-bond acceptors (Lipinski definition) is 4. The zero-order valence-corrected chi connectivity index (χ0v) is 22.9. The Bertz CT molecular complexity index is 1130. The summed E-state index contributed by atoms with van der Waals surface area (Å²) in [6.45, 7) is 12.5. The van der Waals surface area contributed by atoms with E-state index in [4.69, 9.17) is 4.74 Å². The number of rotatable bonds is 6. The summed E-state index contributed by atoms with van der Waals surface area (Å²) in [5.41, 5.74) is 1.81. The predicted molar refractivity (Wildman–Crippen MR) is 143 cm³/mol. The number of carbonyl (C=O) groups is 3. The SMILES string of the molecule is CCC(C)N1C(=O)[C@H]2C(C(=O)Nc3ccc(C)c(C)c3)[C@H]3C=CC2(O3)C1C(=O)NC1CCCC(C)C1C. The van der Waals surface area contributed by atoms with Crippen molar-refractivity contribution in [1.29, 1.82) is 0 Å². The van der Waals surface area contributed by atoms with Gasteiger partial charge in [0.25, 0.3) is 0 Å². The van der Waals surface area contributed by atoms with Crippen LogP contribution in [0.4, 0.5) is 5.69 Å². The second kappa shape index (κ2) is 9.57. The number of nitrogens with one attached hydrogen (secondary N) is 2. The molecule has 1 spiro atoms. The van der Waals surface area contributed by atoms with Crippen LogP contribution in [0.3, 0.4) is 0 Å². The van der Waals surface area contributed by atoms with E-state index < -0.39 is 29.6 Å². The van der Waals surface area contributed by atoms with Crippen LogP contribution < -0.4 is 10.6 Å². The van der Waals surface area contributed by atoms with Gasteiger partial charge in [-0.3, -0.25) is 14.4 Å². The third-order valence-electron chi connectivity index (χ3n) is 9.74. The van der Waals surface area contributed by atoms with E-state index >= 15 is 0 Å². The molecule has 4 aliphatic rings. The molecule has 3 heterocycles. The first-order valence-corrected chi connectivity index (χ1v) is 14.0. The average Bonchev–Trinajstić information content (AvgIpc) is 3.51. The van der Waals surface area contributed by atoms with E-state index in [-0.39, 0.29) is 29.8 Å². The Morgan fingerprint density at radius 3 is 2.62 bits per heavy atom. The molecule has 9 atom stereocenters. The minimum Gasteiger partial charge on any atom is -0.359 e. The van der Waals surface area contributed by atoms with Crippen molar-refractivity contribution in [3.63, 3.8) is 0 Å². The minimum atomic E-state index is -1.12. The highest BCUT2D eigenvalue weighted by molar-refractivity contribution is 6.03. The Morgan fingerprint density at radius 2 is 1.92 bits per heavy atom. The molecular formula is C30H41N3O4. The van der Waals surface area contributed by atoms with Gasteiger partial charge in [0, 0.05) is 17.8 Å². The van der Waals surface area contributed by atoms with Crippen LogP contribution in [0.5, 0.6) is 0 Å². The van der Waals surface area contributed by atoms with Crippen LogP contribution in [0, 0.1) is 37.5 Å². The summed E-state index contributed by atoms with van der Waals surface area (Å²) in [5.74, 6) is -1.06. The number of amides is 3. The summed E-state index contributed by atoms with van der Waals surface area (Å²) in [6.07, 6.45) is 7.15. The lowest BCUT2D eigenvalue weighted by Gasteiger charge is -2.39. The average molecular weight is 508 g/mol. The molecule has 1 saturated carbocycles. The molecule has 3 amide bonds. The number of hydrogen-bond donors (Lipinski definition) is 2. The van der Waals surface area contributed by atoms with Gasteiger partial charge in [0.1, 0.15) is 11.6 Å². The van der Waals surface area contributed by atoms with E-state index in [1.807, 2.05) is 58.0 Å². The highest BCUT2D eigenvalue weighted by atomic mass is 16.5. The Balaban J connectivity index is 1.45. The number of ether oxygens (including phenoxy) is 1. The lowest BCUT2D eigenvalue weighted by Crippen LogP contribution is -2.59. The van der Waals surface area contributed by atoms with Gasteiger partial charge in [0.15, 0.2) is 0 Å². The minimum absolute atomic E-state index is 0.0760. The second-order valence-electron chi connectivity index (χ2n) is 11.9. The molecule has 7 heteroatoms. The van der Waals surface area contributed by atoms with Gasteiger partial charge in [-0.1, -0.05) is 51.8 Å². The predicted octanol–water partition coefficient (Wildman–Crippen LogP) is 4.13. The maximum absolute atomic E-state index is 14.0. The van der Waals surface area contributed by atoms with Gasteiger partial charge in [-0.05, 0) is 68.7 Å². The van der Waals surface area contributed by atoms with Crippen molar-refractivity contribution in [2.45, 2.75) is 97.1 Å². The van der Waals surface area contributed by atoms with Crippen LogP contribution in [0.25, 0.3) is 0 Å². The quantitative estimate of drug-likeness (QED) is 0.567. The van der Waals surface area contributed by atoms with Crippen molar-refractivity contribution in [2.75, 3.05) is 5.32 Å². The zero-order chi connectivity index (χ0) is 26.6. The summed E-state index contributed by atoms with van der Waals surface area (Å²) in [4.78, 5) is 43.3. The van der Waals surface area contributed by atoms with Crippen LogP contribution in [-0.2, 0) is 19.1 Å². The Kier molecular flexibility index (Phi) is 6.71. The largest absolute Gasteiger partial charge is 0.359 e. The molecular weight excluding hydrogens is 466 g/mol. The number of benzene rings is 1. The maximum atomic E-state index is 14.0. The molecule has 37 heavy (non-hydrogen) atoms. The number of nitrogens with zero attached hydrogens (tertiary/aromatic N) is 1. The van der Waals surface area contributed by atoms with E-state index in [1.54, 1.807) is 4.90 Å². The maximum Gasteiger partial charge on any atom is 0.246 e. The molecule has 1 aliphatic carbocycles. The van der Waals surface area contributed by atoms with Crippen molar-refractivity contribution >= 4 is 23.4 Å². The van der Waals surface area contributed by atoms with Crippen LogP contribution in [0.1, 0.15) is 64.5 Å². The highest BCUT2D eigenvalue weighted by Gasteiger charge is 2.73. The van der Waals surface area contributed by atoms with Gasteiger partial charge < -0.3 is 20.3 Å². The first-order valence-electron chi connectivity index (χ1n) is 14.0. The summed E-state index contributed by atoms with van der Waals surface area (Å²) in [6, 6.07) is 4.94. The number of fused-ring (bicyclic) bond motifs is 1. The summed E-state index contributed by atoms with van der Waals surface area (Å²) < 4.78 is 6.47. The van der Waals surface area contributed by atoms with Crippen molar-refractivity contribution in [3.8, 4) is 0 Å². The van der Waals surface area contributed by atoms with Gasteiger partial charge in [-0.2, -0.15) is 0 Å². The molecule has 0 radical (unpaired) electrons. The van der Waals surface area contributed by atoms with E-state index in [1.165, 1.54) is 6.42 Å². The van der Waals surface area contributed by atoms with Gasteiger partial charge in [-0.25, -0.2) is 0 Å². The van der Waals surface area contributed by atoms with E-state index in [2.05, 4.69) is 24.5 Å². The molecule has 2 N–H and O–H groups in total. The second-order valence-corrected chi connectivity index (χ2v) is 11.9. The molecule has 5 rings (SSSR count). The topological polar surface area (TPSA) is 87.7 Å². The van der Waals surface area contributed by atoms with Crippen LogP contribution >= 0.6 is 0 Å². The number of aryl methyl sites for hydroxylation is 2. The summed E-state index contributed by atoms with van der Waals surface area (Å²) >= 11 is 0. The summed E-state index contributed by atoms with van der Waals surface area (Å²) in [5, 5.41) is 6.33. The molecule has 1 aromatic carbocycles. The van der Waals surface area contributed by atoms with Crippen molar-refractivity contribution < 1.29 is 19.1 Å². The monoisotopic (exact) mass is 507 g/mol. The Morgan fingerprint density at radius 1 is 1.16 bits per heavy atom. The Hall–Kier alpha value is -2.67. The third-order valence-corrected chi connectivity index (χ3v) is 9.74. The van der Waals surface area contributed by atoms with Gasteiger partial charge in [0.05, 0.1) is 17.9 Å². The van der Waals surface area contributed by atoms with E-state index in [0.717, 1.165) is 24.0 Å². The number of anilines is 1. The number of carbonyl (C=O) groups excluding carboxylic acids is 3. The molecule has 3 fully saturated rings. The fourth-order valence-electron chi connectivity index (χ4n) is 6.97. The van der Waals surface area contributed by atoms with E-state index in [0.29, 0.717) is 23.9 Å². The molecule has 7 unspecified atom stereocenters. The van der Waals surface area contributed by atoms with Gasteiger partial charge >= 0.3 is 0 Å². The zero-order valence-electron chi connectivity index (χ0n) is 22.9. The molecule has 1 aromatic rings. The third kappa shape index (κ3) is 4.10. The number of likely N-dealkylation sites (tertiary alicyclic amines) is 1. The first-order chi connectivity index (χ1) is 17.6. The van der Waals surface area contributed by atoms with Crippen molar-refractivity contribution in [1.82, 2.24) is 10.2 Å². The fraction of sp³-hybridized carbons (Fsp3) is 0.633. The van der Waals surface area contributed by atoms with Crippen molar-refractivity contribution in [2.24, 2.45) is 23.7 Å². The highest BCUT2D eigenvalue weighted by Crippen LogP contribution is 2.56. The van der Waals surface area contributed by atoms with Crippen LogP contribution in [0.2, 0.25) is 0 Å². The molecule has 2 saturated heterocycles. The van der Waals surface area contributed by atoms with Crippen LogP contribution in [-0.4, -0.2) is 52.5 Å². The standard InChI is InChI=1S/C30H41N3O4/c1-7-19(5)33-26(28(35)32-22-10-8-9-17(3)20(22)6)30-14-13-23(37-30)24(25(30)29(33)36)27(34)31-21-12-11-16(2)18(4)15-21/h11-15,17,19-20,22-26H,7-10H2,1-6H3,(H,31,34)(H,32,35)/t17?,19?,20?,22?,23-,24?,25-,26?,30?/m1/s1. The lowest BCUT2D eigenvalue weighted by atomic mass is 9.73. The summed E-state index contributed by atoms with van der Waals surface area (Å²) in [7, 11) is 0. The van der Waals surface area contributed by atoms with Crippen LogP contribution in [0.15, 0.2) is 30.4 Å².